The molecule has 0 amide bonds. The van der Waals surface area contributed by atoms with E-state index in [4.69, 9.17) is 10.5 Å². The second-order valence-corrected chi connectivity index (χ2v) is 4.47. The number of benzene rings is 1. The molecule has 0 saturated carbocycles. The average molecular weight is 234 g/mol. The van der Waals surface area contributed by atoms with Gasteiger partial charge >= 0.3 is 0 Å². The number of rotatable bonds is 3. The minimum Gasteiger partial charge on any atom is -0.398 e. The molecule has 0 bridgehead atoms. The number of ether oxygens (including phenoxy) is 1. The van der Waals surface area contributed by atoms with Crippen LogP contribution in [-0.4, -0.2) is 24.5 Å². The SMILES string of the molecule is CC(=O)c1ccc(NC2CCOC2C)cc1N. The highest BCUT2D eigenvalue weighted by Crippen LogP contribution is 2.22. The average Bonchev–Trinajstić information content (AvgIpc) is 2.64. The van der Waals surface area contributed by atoms with E-state index < -0.39 is 0 Å². The second kappa shape index (κ2) is 4.75. The van der Waals surface area contributed by atoms with E-state index in [-0.39, 0.29) is 11.9 Å². The monoisotopic (exact) mass is 234 g/mol. The molecular formula is C13H18N2O2. The standard InChI is InChI=1S/C13H18N2O2/c1-8(16)11-4-3-10(7-12(11)14)15-13-5-6-17-9(13)2/h3-4,7,9,13,15H,5-6,14H2,1-2H3. The molecule has 2 atom stereocenters. The number of anilines is 2. The zero-order valence-electron chi connectivity index (χ0n) is 10.2. The zero-order valence-corrected chi connectivity index (χ0v) is 10.2. The third kappa shape index (κ3) is 2.58. The Morgan fingerprint density at radius 2 is 2.29 bits per heavy atom. The molecule has 1 saturated heterocycles. The van der Waals surface area contributed by atoms with Crippen LogP contribution in [0.2, 0.25) is 0 Å². The Morgan fingerprint density at radius 3 is 2.82 bits per heavy atom. The summed E-state index contributed by atoms with van der Waals surface area (Å²) in [5.74, 6) is -0.00776. The molecule has 1 heterocycles. The lowest BCUT2D eigenvalue weighted by molar-refractivity contribution is 0.101. The molecule has 0 spiro atoms. The van der Waals surface area contributed by atoms with Crippen molar-refractivity contribution in [2.75, 3.05) is 17.7 Å². The zero-order chi connectivity index (χ0) is 12.4. The predicted molar refractivity (Wildman–Crippen MR) is 68.3 cm³/mol. The van der Waals surface area contributed by atoms with Crippen LogP contribution in [0.5, 0.6) is 0 Å². The van der Waals surface area contributed by atoms with Crippen LogP contribution in [0.25, 0.3) is 0 Å². The maximum absolute atomic E-state index is 11.3. The van der Waals surface area contributed by atoms with Crippen molar-refractivity contribution in [3.63, 3.8) is 0 Å². The van der Waals surface area contributed by atoms with Gasteiger partial charge in [0.15, 0.2) is 5.78 Å². The Morgan fingerprint density at radius 1 is 1.53 bits per heavy atom. The van der Waals surface area contributed by atoms with Gasteiger partial charge < -0.3 is 15.8 Å². The molecule has 1 aromatic rings. The van der Waals surface area contributed by atoms with Crippen LogP contribution in [0.4, 0.5) is 11.4 Å². The molecule has 1 fully saturated rings. The first-order valence-corrected chi connectivity index (χ1v) is 5.86. The van der Waals surface area contributed by atoms with Gasteiger partial charge in [0.25, 0.3) is 0 Å². The number of nitrogens with two attached hydrogens (primary N) is 1. The van der Waals surface area contributed by atoms with Crippen LogP contribution in [0, 0.1) is 0 Å². The van der Waals surface area contributed by atoms with Crippen molar-refractivity contribution in [3.05, 3.63) is 23.8 Å². The summed E-state index contributed by atoms with van der Waals surface area (Å²) in [6.07, 6.45) is 1.21. The van der Waals surface area contributed by atoms with E-state index in [1.807, 2.05) is 12.1 Å². The summed E-state index contributed by atoms with van der Waals surface area (Å²) in [5.41, 5.74) is 7.88. The van der Waals surface area contributed by atoms with Crippen LogP contribution in [0.1, 0.15) is 30.6 Å². The van der Waals surface area contributed by atoms with Crippen molar-refractivity contribution in [2.45, 2.75) is 32.4 Å². The summed E-state index contributed by atoms with van der Waals surface area (Å²) >= 11 is 0. The van der Waals surface area contributed by atoms with E-state index in [9.17, 15) is 4.79 Å². The lowest BCUT2D eigenvalue weighted by Crippen LogP contribution is -2.26. The van der Waals surface area contributed by atoms with Crippen molar-refractivity contribution < 1.29 is 9.53 Å². The van der Waals surface area contributed by atoms with Crippen molar-refractivity contribution in [1.29, 1.82) is 0 Å². The Balaban J connectivity index is 2.12. The highest BCUT2D eigenvalue weighted by molar-refractivity contribution is 5.99. The van der Waals surface area contributed by atoms with Crippen molar-refractivity contribution in [1.82, 2.24) is 0 Å². The molecule has 4 nitrogen and oxygen atoms in total. The highest BCUT2D eigenvalue weighted by atomic mass is 16.5. The van der Waals surface area contributed by atoms with Crippen molar-refractivity contribution in [2.24, 2.45) is 0 Å². The number of nitrogen functional groups attached to an aromatic ring is 1. The molecule has 0 aliphatic carbocycles. The third-order valence-corrected chi connectivity index (χ3v) is 3.16. The quantitative estimate of drug-likeness (QED) is 0.620. The van der Waals surface area contributed by atoms with Gasteiger partial charge in [-0.3, -0.25) is 4.79 Å². The number of Topliss-reactive ketones (excluding diaryl/α,β-unsaturated/α-hetero) is 1. The Bertz CT molecular complexity index is 431. The lowest BCUT2D eigenvalue weighted by atomic mass is 10.1. The smallest absolute Gasteiger partial charge is 0.161 e. The summed E-state index contributed by atoms with van der Waals surface area (Å²) in [6, 6.07) is 5.78. The topological polar surface area (TPSA) is 64.3 Å². The van der Waals surface area contributed by atoms with E-state index in [2.05, 4.69) is 12.2 Å². The van der Waals surface area contributed by atoms with Crippen LogP contribution >= 0.6 is 0 Å². The number of carbonyl (C=O) groups excluding carboxylic acids is 1. The Hall–Kier alpha value is -1.55. The molecule has 1 aliphatic heterocycles. The van der Waals surface area contributed by atoms with Gasteiger partial charge in [-0.15, -0.1) is 0 Å². The van der Waals surface area contributed by atoms with Gasteiger partial charge in [0.2, 0.25) is 0 Å². The highest BCUT2D eigenvalue weighted by Gasteiger charge is 2.23. The molecular weight excluding hydrogens is 216 g/mol. The van der Waals surface area contributed by atoms with Crippen molar-refractivity contribution in [3.8, 4) is 0 Å². The van der Waals surface area contributed by atoms with Gasteiger partial charge in [0.1, 0.15) is 0 Å². The van der Waals surface area contributed by atoms with Gasteiger partial charge in [-0.25, -0.2) is 0 Å². The summed E-state index contributed by atoms with van der Waals surface area (Å²) in [6.45, 7) is 4.36. The Kier molecular flexibility index (Phi) is 3.33. The molecule has 2 rings (SSSR count). The van der Waals surface area contributed by atoms with Gasteiger partial charge in [-0.2, -0.15) is 0 Å². The molecule has 17 heavy (non-hydrogen) atoms. The van der Waals surface area contributed by atoms with E-state index in [1.165, 1.54) is 6.92 Å². The molecule has 0 aromatic heterocycles. The number of hydrogen-bond acceptors (Lipinski definition) is 4. The van der Waals surface area contributed by atoms with Crippen LogP contribution in [0.3, 0.4) is 0 Å². The normalized spacial score (nSPS) is 23.6. The molecule has 0 radical (unpaired) electrons. The van der Waals surface area contributed by atoms with Crippen LogP contribution < -0.4 is 11.1 Å². The largest absolute Gasteiger partial charge is 0.398 e. The summed E-state index contributed by atoms with van der Waals surface area (Å²) in [5, 5.41) is 3.38. The van der Waals surface area contributed by atoms with E-state index >= 15 is 0 Å². The summed E-state index contributed by atoms with van der Waals surface area (Å²) in [4.78, 5) is 11.3. The summed E-state index contributed by atoms with van der Waals surface area (Å²) in [7, 11) is 0. The fraction of sp³-hybridized carbons (Fsp3) is 0.462. The first kappa shape index (κ1) is 11.9. The molecule has 1 aromatic carbocycles. The maximum Gasteiger partial charge on any atom is 0.161 e. The van der Waals surface area contributed by atoms with E-state index in [0.29, 0.717) is 17.3 Å². The first-order valence-electron chi connectivity index (χ1n) is 5.86. The fourth-order valence-corrected chi connectivity index (χ4v) is 2.11. The lowest BCUT2D eigenvalue weighted by Gasteiger charge is -2.18. The number of hydrogen-bond donors (Lipinski definition) is 2. The summed E-state index contributed by atoms with van der Waals surface area (Å²) < 4.78 is 5.48. The third-order valence-electron chi connectivity index (χ3n) is 3.16. The van der Waals surface area contributed by atoms with Gasteiger partial charge in [-0.1, -0.05) is 0 Å². The molecule has 4 heteroatoms. The molecule has 3 N–H and O–H groups in total. The van der Waals surface area contributed by atoms with E-state index in [1.54, 1.807) is 6.07 Å². The maximum atomic E-state index is 11.3. The second-order valence-electron chi connectivity index (χ2n) is 4.47. The minimum absolute atomic E-state index is 0.00776. The number of ketones is 1. The van der Waals surface area contributed by atoms with Crippen LogP contribution in [0.15, 0.2) is 18.2 Å². The molecule has 2 unspecified atom stereocenters. The Labute approximate surface area is 101 Å². The fourth-order valence-electron chi connectivity index (χ4n) is 2.11. The van der Waals surface area contributed by atoms with Crippen LogP contribution in [-0.2, 0) is 4.74 Å². The number of carbonyl (C=O) groups is 1. The van der Waals surface area contributed by atoms with Gasteiger partial charge in [0, 0.05) is 23.5 Å². The molecule has 92 valence electrons. The first-order chi connectivity index (χ1) is 8.08. The van der Waals surface area contributed by atoms with Crippen molar-refractivity contribution >= 4 is 17.2 Å². The predicted octanol–water partition coefficient (Wildman–Crippen LogP) is 2.06. The van der Waals surface area contributed by atoms with E-state index in [0.717, 1.165) is 18.7 Å². The minimum atomic E-state index is -0.00776. The number of nitrogens with one attached hydrogen (secondary N) is 1. The van der Waals surface area contributed by atoms with Gasteiger partial charge in [0.05, 0.1) is 12.1 Å². The van der Waals surface area contributed by atoms with Gasteiger partial charge in [-0.05, 0) is 38.5 Å². The molecule has 1 aliphatic rings.